The molecule has 1 atom stereocenters. The molecule has 21 heavy (non-hydrogen) atoms. The Labute approximate surface area is 127 Å². The SMILES string of the molecule is NC(=O)CCSc1ccccc1NC(=O)C1CNCCO1. The highest BCUT2D eigenvalue weighted by molar-refractivity contribution is 7.99. The summed E-state index contributed by atoms with van der Waals surface area (Å²) in [7, 11) is 0. The molecule has 0 aliphatic carbocycles. The van der Waals surface area contributed by atoms with Crippen molar-refractivity contribution in [1.29, 1.82) is 0 Å². The molecule has 2 rings (SSSR count). The number of hydrogen-bond acceptors (Lipinski definition) is 5. The number of amides is 2. The summed E-state index contributed by atoms with van der Waals surface area (Å²) in [6, 6.07) is 7.48. The van der Waals surface area contributed by atoms with Crippen molar-refractivity contribution in [2.24, 2.45) is 5.73 Å². The molecule has 1 aromatic rings. The zero-order valence-electron chi connectivity index (χ0n) is 11.6. The Morgan fingerprint density at radius 1 is 1.43 bits per heavy atom. The summed E-state index contributed by atoms with van der Waals surface area (Å²) < 4.78 is 5.42. The summed E-state index contributed by atoms with van der Waals surface area (Å²) in [5.41, 5.74) is 5.86. The number of anilines is 1. The molecule has 1 fully saturated rings. The molecule has 0 bridgehead atoms. The molecule has 1 aliphatic rings. The molecule has 1 unspecified atom stereocenters. The van der Waals surface area contributed by atoms with E-state index in [1.165, 1.54) is 11.8 Å². The molecule has 2 amide bonds. The van der Waals surface area contributed by atoms with E-state index in [4.69, 9.17) is 10.5 Å². The summed E-state index contributed by atoms with van der Waals surface area (Å²) in [6.45, 7) is 1.82. The summed E-state index contributed by atoms with van der Waals surface area (Å²) in [5, 5.41) is 6.00. The molecule has 7 heteroatoms. The maximum Gasteiger partial charge on any atom is 0.254 e. The van der Waals surface area contributed by atoms with Crippen LogP contribution < -0.4 is 16.4 Å². The third kappa shape index (κ3) is 5.04. The number of carbonyl (C=O) groups is 2. The van der Waals surface area contributed by atoms with Crippen LogP contribution in [0, 0.1) is 0 Å². The van der Waals surface area contributed by atoms with Crippen molar-refractivity contribution in [3.05, 3.63) is 24.3 Å². The number of ether oxygens (including phenoxy) is 1. The predicted molar refractivity (Wildman–Crippen MR) is 82.2 cm³/mol. The first-order valence-electron chi connectivity index (χ1n) is 6.80. The number of primary amides is 1. The van der Waals surface area contributed by atoms with Crippen LogP contribution in [0.25, 0.3) is 0 Å². The van der Waals surface area contributed by atoms with Crippen LogP contribution >= 0.6 is 11.8 Å². The van der Waals surface area contributed by atoms with Gasteiger partial charge in [-0.15, -0.1) is 11.8 Å². The number of nitrogens with one attached hydrogen (secondary N) is 2. The molecule has 4 N–H and O–H groups in total. The van der Waals surface area contributed by atoms with Gasteiger partial charge < -0.3 is 21.1 Å². The molecule has 1 heterocycles. The fraction of sp³-hybridized carbons (Fsp3) is 0.429. The van der Waals surface area contributed by atoms with Gasteiger partial charge in [0, 0.05) is 30.2 Å². The van der Waals surface area contributed by atoms with Gasteiger partial charge in [-0.3, -0.25) is 9.59 Å². The van der Waals surface area contributed by atoms with Crippen LogP contribution in [0.2, 0.25) is 0 Å². The van der Waals surface area contributed by atoms with Crippen molar-refractivity contribution in [3.63, 3.8) is 0 Å². The Kier molecular flexibility index (Phi) is 6.04. The van der Waals surface area contributed by atoms with Gasteiger partial charge in [0.1, 0.15) is 6.10 Å². The molecule has 1 aliphatic heterocycles. The number of para-hydroxylation sites is 1. The second-order valence-electron chi connectivity index (χ2n) is 4.61. The van der Waals surface area contributed by atoms with Crippen LogP contribution in [0.4, 0.5) is 5.69 Å². The second-order valence-corrected chi connectivity index (χ2v) is 5.75. The summed E-state index contributed by atoms with van der Waals surface area (Å²) >= 11 is 1.49. The smallest absolute Gasteiger partial charge is 0.254 e. The Hall–Kier alpha value is -1.57. The van der Waals surface area contributed by atoms with Crippen LogP contribution in [0.5, 0.6) is 0 Å². The lowest BCUT2D eigenvalue weighted by atomic mass is 10.2. The van der Waals surface area contributed by atoms with E-state index >= 15 is 0 Å². The summed E-state index contributed by atoms with van der Waals surface area (Å²) in [5.74, 6) is 0.0970. The quantitative estimate of drug-likeness (QED) is 0.668. The average Bonchev–Trinajstić information content (AvgIpc) is 2.49. The number of morpholine rings is 1. The van der Waals surface area contributed by atoms with E-state index in [-0.39, 0.29) is 11.8 Å². The van der Waals surface area contributed by atoms with E-state index in [1.807, 2.05) is 24.3 Å². The van der Waals surface area contributed by atoms with Gasteiger partial charge in [0.25, 0.3) is 5.91 Å². The van der Waals surface area contributed by atoms with Crippen LogP contribution in [0.3, 0.4) is 0 Å². The van der Waals surface area contributed by atoms with Gasteiger partial charge in [-0.2, -0.15) is 0 Å². The molecular weight excluding hydrogens is 290 g/mol. The van der Waals surface area contributed by atoms with Gasteiger partial charge in [-0.1, -0.05) is 12.1 Å². The number of rotatable bonds is 6. The van der Waals surface area contributed by atoms with Crippen molar-refractivity contribution in [2.45, 2.75) is 17.4 Å². The van der Waals surface area contributed by atoms with E-state index < -0.39 is 6.10 Å². The molecule has 114 valence electrons. The minimum atomic E-state index is -0.470. The van der Waals surface area contributed by atoms with E-state index in [2.05, 4.69) is 10.6 Å². The lowest BCUT2D eigenvalue weighted by Gasteiger charge is -2.23. The number of hydrogen-bond donors (Lipinski definition) is 3. The van der Waals surface area contributed by atoms with Crippen molar-refractivity contribution in [1.82, 2.24) is 5.32 Å². The molecule has 0 saturated carbocycles. The second kappa shape index (κ2) is 8.02. The largest absolute Gasteiger partial charge is 0.370 e. The van der Waals surface area contributed by atoms with Crippen LogP contribution in [-0.4, -0.2) is 43.4 Å². The van der Waals surface area contributed by atoms with Crippen molar-refractivity contribution < 1.29 is 14.3 Å². The standard InChI is InChI=1S/C14H19N3O3S/c15-13(18)5-8-21-12-4-2-1-3-10(12)17-14(19)11-9-16-6-7-20-11/h1-4,11,16H,5-9H2,(H2,15,18)(H,17,19). The monoisotopic (exact) mass is 309 g/mol. The third-order valence-corrected chi connectivity index (χ3v) is 4.05. The molecule has 6 nitrogen and oxygen atoms in total. The van der Waals surface area contributed by atoms with E-state index in [0.717, 1.165) is 17.1 Å². The molecule has 0 spiro atoms. The fourth-order valence-electron chi connectivity index (χ4n) is 1.90. The van der Waals surface area contributed by atoms with Gasteiger partial charge >= 0.3 is 0 Å². The number of benzene rings is 1. The summed E-state index contributed by atoms with van der Waals surface area (Å²) in [6.07, 6.45) is -0.162. The molecular formula is C14H19N3O3S. The zero-order chi connectivity index (χ0) is 15.1. The first-order valence-corrected chi connectivity index (χ1v) is 7.78. The minimum absolute atomic E-state index is 0.162. The lowest BCUT2D eigenvalue weighted by molar-refractivity contribution is -0.128. The van der Waals surface area contributed by atoms with Gasteiger partial charge in [-0.05, 0) is 12.1 Å². The number of thioether (sulfide) groups is 1. The Morgan fingerprint density at radius 3 is 2.95 bits per heavy atom. The highest BCUT2D eigenvalue weighted by atomic mass is 32.2. The highest BCUT2D eigenvalue weighted by Gasteiger charge is 2.22. The van der Waals surface area contributed by atoms with Crippen molar-refractivity contribution >= 4 is 29.3 Å². The van der Waals surface area contributed by atoms with Gasteiger partial charge in [0.15, 0.2) is 0 Å². The minimum Gasteiger partial charge on any atom is -0.370 e. The van der Waals surface area contributed by atoms with Crippen LogP contribution in [0.15, 0.2) is 29.2 Å². The average molecular weight is 309 g/mol. The van der Waals surface area contributed by atoms with E-state index in [9.17, 15) is 9.59 Å². The topological polar surface area (TPSA) is 93.5 Å². The van der Waals surface area contributed by atoms with Crippen LogP contribution in [-0.2, 0) is 14.3 Å². The van der Waals surface area contributed by atoms with Crippen LogP contribution in [0.1, 0.15) is 6.42 Å². The number of carbonyl (C=O) groups excluding carboxylic acids is 2. The highest BCUT2D eigenvalue weighted by Crippen LogP contribution is 2.27. The zero-order valence-corrected chi connectivity index (χ0v) is 12.4. The molecule has 1 aromatic carbocycles. The Morgan fingerprint density at radius 2 is 2.24 bits per heavy atom. The van der Waals surface area contributed by atoms with E-state index in [0.29, 0.717) is 25.3 Å². The summed E-state index contributed by atoms with van der Waals surface area (Å²) in [4.78, 5) is 23.8. The molecule has 0 aromatic heterocycles. The van der Waals surface area contributed by atoms with Crippen molar-refractivity contribution in [3.8, 4) is 0 Å². The maximum absolute atomic E-state index is 12.1. The maximum atomic E-state index is 12.1. The predicted octanol–water partition coefficient (Wildman–Crippen LogP) is 0.581. The number of nitrogens with two attached hydrogens (primary N) is 1. The Bertz CT molecular complexity index is 504. The first kappa shape index (κ1) is 15.8. The Balaban J connectivity index is 1.95. The van der Waals surface area contributed by atoms with Gasteiger partial charge in [-0.25, -0.2) is 0 Å². The normalized spacial score (nSPS) is 18.2. The van der Waals surface area contributed by atoms with Gasteiger partial charge in [0.05, 0.1) is 12.3 Å². The third-order valence-electron chi connectivity index (χ3n) is 2.97. The van der Waals surface area contributed by atoms with E-state index in [1.54, 1.807) is 0 Å². The van der Waals surface area contributed by atoms with Crippen molar-refractivity contribution in [2.75, 3.05) is 30.8 Å². The molecule has 1 saturated heterocycles. The molecule has 0 radical (unpaired) electrons. The lowest BCUT2D eigenvalue weighted by Crippen LogP contribution is -2.45. The first-order chi connectivity index (χ1) is 10.2. The fourth-order valence-corrected chi connectivity index (χ4v) is 2.88. The van der Waals surface area contributed by atoms with Gasteiger partial charge in [0.2, 0.25) is 5.91 Å².